The molecule has 0 saturated heterocycles. The largest absolute Gasteiger partial charge is 0.408 e. The maximum Gasteiger partial charge on any atom is 0.408 e. The van der Waals surface area contributed by atoms with E-state index >= 15 is 0 Å². The molecular formula is C11H11F3N6. The Hall–Kier alpha value is -2.58. The topological polar surface area (TPSA) is 107 Å². The number of alkyl halides is 3. The summed E-state index contributed by atoms with van der Waals surface area (Å²) in [4.78, 5) is 3.98. The summed E-state index contributed by atoms with van der Waals surface area (Å²) in [6.45, 7) is -1.20. The van der Waals surface area contributed by atoms with E-state index in [0.717, 1.165) is 10.9 Å². The van der Waals surface area contributed by atoms with Crippen LogP contribution in [0.3, 0.4) is 0 Å². The van der Waals surface area contributed by atoms with Gasteiger partial charge in [-0.05, 0) is 6.07 Å². The molecule has 0 radical (unpaired) electrons. The molecule has 6 nitrogen and oxygen atoms in total. The minimum atomic E-state index is -4.38. The first-order valence-electron chi connectivity index (χ1n) is 5.46. The normalized spacial score (nSPS) is 13.3. The maximum absolute atomic E-state index is 12.4. The quantitative estimate of drug-likeness (QED) is 0.737. The molecule has 0 aromatic carbocycles. The van der Waals surface area contributed by atoms with Crippen molar-refractivity contribution in [2.24, 2.45) is 11.5 Å². The van der Waals surface area contributed by atoms with Crippen molar-refractivity contribution in [1.82, 2.24) is 14.8 Å². The Bertz CT molecular complexity index is 685. The molecule has 20 heavy (non-hydrogen) atoms. The second-order valence-corrected chi connectivity index (χ2v) is 4.06. The van der Waals surface area contributed by atoms with Crippen LogP contribution in [0.1, 0.15) is 5.69 Å². The van der Waals surface area contributed by atoms with Crippen molar-refractivity contribution in [1.29, 1.82) is 5.41 Å². The molecule has 0 fully saturated rings. The fraction of sp³-hybridized carbons (Fsp3) is 0.182. The van der Waals surface area contributed by atoms with Gasteiger partial charge in [0.05, 0.1) is 28.8 Å². The van der Waals surface area contributed by atoms with Gasteiger partial charge < -0.3 is 16.9 Å². The van der Waals surface area contributed by atoms with Crippen molar-refractivity contribution in [3.05, 3.63) is 29.9 Å². The minimum Gasteiger partial charge on any atom is -0.396 e. The third kappa shape index (κ3) is 2.71. The van der Waals surface area contributed by atoms with Crippen molar-refractivity contribution in [2.45, 2.75) is 12.7 Å². The highest BCUT2D eigenvalue weighted by Crippen LogP contribution is 2.22. The molecule has 0 amide bonds. The van der Waals surface area contributed by atoms with E-state index in [9.17, 15) is 13.2 Å². The summed E-state index contributed by atoms with van der Waals surface area (Å²) in [6.07, 6.45) is -0.891. The molecule has 0 aliphatic rings. The van der Waals surface area contributed by atoms with Crippen LogP contribution in [0.4, 0.5) is 13.2 Å². The smallest absolute Gasteiger partial charge is 0.396 e. The van der Waals surface area contributed by atoms with Crippen LogP contribution < -0.4 is 11.5 Å². The highest BCUT2D eigenvalue weighted by Gasteiger charge is 2.29. The van der Waals surface area contributed by atoms with Crippen LogP contribution in [0.15, 0.2) is 24.2 Å². The van der Waals surface area contributed by atoms with Gasteiger partial charge in [0.15, 0.2) is 0 Å². The zero-order valence-corrected chi connectivity index (χ0v) is 10.1. The fourth-order valence-electron chi connectivity index (χ4n) is 1.64. The van der Waals surface area contributed by atoms with E-state index in [1.165, 1.54) is 18.5 Å². The Kier molecular flexibility index (Phi) is 3.35. The van der Waals surface area contributed by atoms with E-state index in [4.69, 9.17) is 16.9 Å². The molecule has 106 valence electrons. The summed E-state index contributed by atoms with van der Waals surface area (Å²) in [5.41, 5.74) is 11.6. The lowest BCUT2D eigenvalue weighted by Crippen LogP contribution is -2.18. The van der Waals surface area contributed by atoms with E-state index in [1.807, 2.05) is 0 Å². The highest BCUT2D eigenvalue weighted by molar-refractivity contribution is 5.88. The zero-order chi connectivity index (χ0) is 14.9. The Labute approximate surface area is 111 Å². The fourth-order valence-corrected chi connectivity index (χ4v) is 1.64. The molecule has 0 unspecified atom stereocenters. The highest BCUT2D eigenvalue weighted by atomic mass is 19.4. The van der Waals surface area contributed by atoms with Crippen molar-refractivity contribution in [3.63, 3.8) is 0 Å². The molecule has 9 heteroatoms. The van der Waals surface area contributed by atoms with Crippen LogP contribution in [-0.4, -0.2) is 27.2 Å². The predicted molar refractivity (Wildman–Crippen MR) is 67.7 cm³/mol. The Morgan fingerprint density at radius 2 is 2.05 bits per heavy atom. The lowest BCUT2D eigenvalue weighted by Gasteiger charge is -2.08. The molecule has 0 spiro atoms. The number of nitrogens with two attached hydrogens (primary N) is 2. The first-order chi connectivity index (χ1) is 9.31. The number of hydrogen-bond donors (Lipinski definition) is 3. The Morgan fingerprint density at radius 3 is 2.65 bits per heavy atom. The van der Waals surface area contributed by atoms with E-state index < -0.39 is 12.7 Å². The number of halogens is 3. The SMILES string of the molecule is N=C/C(N)=C(\N)c1cc2c(cn1)cnn2CC(F)(F)F. The summed E-state index contributed by atoms with van der Waals surface area (Å²) in [7, 11) is 0. The molecule has 0 aliphatic heterocycles. The van der Waals surface area contributed by atoms with E-state index in [1.54, 1.807) is 0 Å². The number of allylic oxidation sites excluding steroid dienone is 1. The van der Waals surface area contributed by atoms with Gasteiger partial charge in [-0.1, -0.05) is 0 Å². The molecule has 2 aromatic heterocycles. The molecule has 0 aliphatic carbocycles. The van der Waals surface area contributed by atoms with Gasteiger partial charge >= 0.3 is 6.18 Å². The van der Waals surface area contributed by atoms with E-state index in [-0.39, 0.29) is 22.6 Å². The number of nitrogens with zero attached hydrogens (tertiary/aromatic N) is 3. The van der Waals surface area contributed by atoms with Gasteiger partial charge in [-0.2, -0.15) is 18.3 Å². The predicted octanol–water partition coefficient (Wildman–Crippen LogP) is 1.23. The van der Waals surface area contributed by atoms with Gasteiger partial charge in [0.25, 0.3) is 0 Å². The van der Waals surface area contributed by atoms with Gasteiger partial charge in [-0.25, -0.2) is 0 Å². The molecule has 0 saturated carbocycles. The number of fused-ring (bicyclic) bond motifs is 1. The van der Waals surface area contributed by atoms with E-state index in [0.29, 0.717) is 5.39 Å². The number of aromatic nitrogens is 3. The third-order valence-corrected chi connectivity index (χ3v) is 2.60. The minimum absolute atomic E-state index is 0.0151. The molecule has 5 N–H and O–H groups in total. The van der Waals surface area contributed by atoms with Gasteiger partial charge in [-0.3, -0.25) is 9.67 Å². The Morgan fingerprint density at radius 1 is 1.35 bits per heavy atom. The molecular weight excluding hydrogens is 273 g/mol. The van der Waals surface area contributed by atoms with Crippen LogP contribution in [-0.2, 0) is 6.54 Å². The van der Waals surface area contributed by atoms with Crippen molar-refractivity contribution < 1.29 is 13.2 Å². The van der Waals surface area contributed by atoms with E-state index in [2.05, 4.69) is 10.1 Å². The average Bonchev–Trinajstić information content (AvgIpc) is 2.77. The van der Waals surface area contributed by atoms with Crippen molar-refractivity contribution in [3.8, 4) is 0 Å². The number of rotatable bonds is 3. The Balaban J connectivity index is 2.53. The van der Waals surface area contributed by atoms with Crippen molar-refractivity contribution in [2.75, 3.05) is 0 Å². The lowest BCUT2D eigenvalue weighted by atomic mass is 10.2. The van der Waals surface area contributed by atoms with Gasteiger partial charge in [-0.15, -0.1) is 0 Å². The first kappa shape index (κ1) is 13.8. The van der Waals surface area contributed by atoms with Crippen LogP contribution in [0.2, 0.25) is 0 Å². The first-order valence-corrected chi connectivity index (χ1v) is 5.46. The monoisotopic (exact) mass is 284 g/mol. The summed E-state index contributed by atoms with van der Waals surface area (Å²) in [5, 5.41) is 11.1. The maximum atomic E-state index is 12.4. The van der Waals surface area contributed by atoms with Crippen LogP contribution >= 0.6 is 0 Å². The molecule has 2 heterocycles. The van der Waals surface area contributed by atoms with Gasteiger partial charge in [0, 0.05) is 17.8 Å². The van der Waals surface area contributed by atoms with Crippen LogP contribution in [0, 0.1) is 5.41 Å². The molecule has 0 atom stereocenters. The number of hydrogen-bond acceptors (Lipinski definition) is 5. The van der Waals surface area contributed by atoms with Gasteiger partial charge in [0.1, 0.15) is 6.54 Å². The summed E-state index contributed by atoms with van der Waals surface area (Å²) < 4.78 is 38.1. The third-order valence-electron chi connectivity index (χ3n) is 2.60. The summed E-state index contributed by atoms with van der Waals surface area (Å²) >= 11 is 0. The number of nitrogens with one attached hydrogen (secondary N) is 1. The zero-order valence-electron chi connectivity index (χ0n) is 10.1. The lowest BCUT2D eigenvalue weighted by molar-refractivity contribution is -0.141. The molecule has 2 rings (SSSR count). The molecule has 0 bridgehead atoms. The molecule has 2 aromatic rings. The second kappa shape index (κ2) is 4.83. The summed E-state index contributed by atoms with van der Waals surface area (Å²) in [6, 6.07) is 1.36. The van der Waals surface area contributed by atoms with Crippen molar-refractivity contribution >= 4 is 22.8 Å². The van der Waals surface area contributed by atoms with Crippen LogP contribution in [0.5, 0.6) is 0 Å². The van der Waals surface area contributed by atoms with Crippen LogP contribution in [0.25, 0.3) is 16.6 Å². The second-order valence-electron chi connectivity index (χ2n) is 4.06. The average molecular weight is 284 g/mol. The van der Waals surface area contributed by atoms with Gasteiger partial charge in [0.2, 0.25) is 0 Å². The standard InChI is InChI=1S/C11H11F3N6/c12-11(13,14)5-20-9-1-8(10(17)7(16)2-15)18-3-6(9)4-19-20/h1-4,15H,5,16-17H2/b10-7+,15-2?. The number of pyridine rings is 1. The summed E-state index contributed by atoms with van der Waals surface area (Å²) in [5.74, 6) is 0.